The molecule has 0 aromatic heterocycles. The molecule has 0 aromatic rings. The van der Waals surface area contributed by atoms with Crippen LogP contribution in [0.5, 0.6) is 0 Å². The van der Waals surface area contributed by atoms with Crippen molar-refractivity contribution in [3.63, 3.8) is 0 Å². The summed E-state index contributed by atoms with van der Waals surface area (Å²) >= 11 is 0. The number of aliphatic hydroxyl groups is 3. The first-order chi connectivity index (χ1) is 16.3. The standard InChI is InChI=1S/C30H46O5/c1-15(17(3)19(5)31)8-9-16(2)20-10-11-21-25-24(33)14-22-18(4)23(32)12-13-29(22,6)26(25)27(34)28(35)30(20,21)7/h16-18,20-24,28,32-33,35H,1,8-14H2,2-7H3/t16-,17?,18+,20?,21?,22?,23-,24-,28+,29+,30-/m1/s1. The Labute approximate surface area is 211 Å². The van der Waals surface area contributed by atoms with E-state index in [1.807, 2.05) is 13.8 Å². The molecule has 0 saturated heterocycles. The van der Waals surface area contributed by atoms with Crippen molar-refractivity contribution in [1.29, 1.82) is 0 Å². The third-order valence-corrected chi connectivity index (χ3v) is 11.3. The number of ketones is 2. The number of carbonyl (C=O) groups is 2. The van der Waals surface area contributed by atoms with Crippen LogP contribution in [0, 0.1) is 46.3 Å². The summed E-state index contributed by atoms with van der Waals surface area (Å²) in [4.78, 5) is 25.7. The summed E-state index contributed by atoms with van der Waals surface area (Å²) in [7, 11) is 0. The van der Waals surface area contributed by atoms with E-state index in [-0.39, 0.29) is 47.1 Å². The predicted octanol–water partition coefficient (Wildman–Crippen LogP) is 4.63. The molecular weight excluding hydrogens is 440 g/mol. The van der Waals surface area contributed by atoms with Gasteiger partial charge in [-0.3, -0.25) is 9.59 Å². The zero-order chi connectivity index (χ0) is 26.0. The molecule has 4 unspecified atom stereocenters. The summed E-state index contributed by atoms with van der Waals surface area (Å²) < 4.78 is 0. The Kier molecular flexibility index (Phi) is 7.05. The topological polar surface area (TPSA) is 94.8 Å². The molecule has 0 heterocycles. The molecule has 11 atom stereocenters. The van der Waals surface area contributed by atoms with Gasteiger partial charge in [-0.2, -0.15) is 0 Å². The number of hydrogen-bond donors (Lipinski definition) is 3. The Morgan fingerprint density at radius 1 is 1.14 bits per heavy atom. The van der Waals surface area contributed by atoms with E-state index in [1.54, 1.807) is 6.92 Å². The van der Waals surface area contributed by atoms with Crippen LogP contribution < -0.4 is 0 Å². The molecule has 0 amide bonds. The van der Waals surface area contributed by atoms with E-state index < -0.39 is 29.1 Å². The molecule has 4 aliphatic rings. The highest BCUT2D eigenvalue weighted by Gasteiger charge is 2.64. The Morgan fingerprint density at radius 3 is 2.43 bits per heavy atom. The van der Waals surface area contributed by atoms with Gasteiger partial charge < -0.3 is 15.3 Å². The molecule has 0 aromatic carbocycles. The van der Waals surface area contributed by atoms with Crippen molar-refractivity contribution in [3.8, 4) is 0 Å². The van der Waals surface area contributed by atoms with Gasteiger partial charge in [-0.15, -0.1) is 0 Å². The van der Waals surface area contributed by atoms with Crippen LogP contribution in [0.4, 0.5) is 0 Å². The van der Waals surface area contributed by atoms with Crippen LogP contribution in [0.25, 0.3) is 0 Å². The second-order valence-electron chi connectivity index (χ2n) is 12.9. The van der Waals surface area contributed by atoms with Crippen LogP contribution in [0.3, 0.4) is 0 Å². The Bertz CT molecular complexity index is 935. The quantitative estimate of drug-likeness (QED) is 0.476. The summed E-state index contributed by atoms with van der Waals surface area (Å²) in [5.41, 5.74) is 1.52. The van der Waals surface area contributed by atoms with Gasteiger partial charge >= 0.3 is 0 Å². The minimum atomic E-state index is -1.08. The smallest absolute Gasteiger partial charge is 0.188 e. The molecule has 0 bridgehead atoms. The lowest BCUT2D eigenvalue weighted by Crippen LogP contribution is -2.59. The lowest BCUT2D eigenvalue weighted by atomic mass is 9.47. The van der Waals surface area contributed by atoms with Gasteiger partial charge in [-0.05, 0) is 92.4 Å². The zero-order valence-corrected chi connectivity index (χ0v) is 22.5. The number of aliphatic hydroxyl groups excluding tert-OH is 3. The van der Waals surface area contributed by atoms with E-state index >= 15 is 0 Å². The summed E-state index contributed by atoms with van der Waals surface area (Å²) in [5.74, 6) is 0.250. The third-order valence-electron chi connectivity index (χ3n) is 11.3. The Hall–Kier alpha value is -1.30. The molecule has 2 saturated carbocycles. The van der Waals surface area contributed by atoms with Crippen molar-refractivity contribution in [2.24, 2.45) is 46.3 Å². The highest BCUT2D eigenvalue weighted by atomic mass is 16.3. The SMILES string of the molecule is C=C(CC[C@@H](C)C1CCC2C3=C(C(=O)[C@H](O)[C@@]21C)[C@@]1(C)CC[C@@H](O)[C@@H](C)C1C[C@H]3O)C(C)C(C)=O. The number of allylic oxidation sites excluding steroid dienone is 1. The van der Waals surface area contributed by atoms with E-state index in [0.29, 0.717) is 24.8 Å². The monoisotopic (exact) mass is 486 g/mol. The molecular formula is C30H46O5. The average molecular weight is 487 g/mol. The molecule has 5 heteroatoms. The second kappa shape index (κ2) is 9.22. The van der Waals surface area contributed by atoms with Gasteiger partial charge in [0.2, 0.25) is 0 Å². The van der Waals surface area contributed by atoms with E-state index in [9.17, 15) is 24.9 Å². The van der Waals surface area contributed by atoms with Gasteiger partial charge in [0.1, 0.15) is 11.9 Å². The highest BCUT2D eigenvalue weighted by molar-refractivity contribution is 6.03. The van der Waals surface area contributed by atoms with E-state index in [1.165, 1.54) is 0 Å². The summed E-state index contributed by atoms with van der Waals surface area (Å²) in [6.45, 7) is 16.1. The van der Waals surface area contributed by atoms with Crippen LogP contribution in [0.2, 0.25) is 0 Å². The van der Waals surface area contributed by atoms with Gasteiger partial charge in [-0.25, -0.2) is 0 Å². The molecule has 0 radical (unpaired) electrons. The Balaban J connectivity index is 1.65. The average Bonchev–Trinajstić information content (AvgIpc) is 3.16. The largest absolute Gasteiger partial charge is 0.393 e. The van der Waals surface area contributed by atoms with E-state index in [2.05, 4.69) is 27.4 Å². The summed E-state index contributed by atoms with van der Waals surface area (Å²) in [5, 5.41) is 33.6. The van der Waals surface area contributed by atoms with Crippen molar-refractivity contribution in [2.75, 3.05) is 0 Å². The molecule has 3 N–H and O–H groups in total. The van der Waals surface area contributed by atoms with Crippen molar-refractivity contribution in [2.45, 2.75) is 105 Å². The van der Waals surface area contributed by atoms with Gasteiger partial charge in [-0.1, -0.05) is 46.8 Å². The maximum Gasteiger partial charge on any atom is 0.188 e. The molecule has 35 heavy (non-hydrogen) atoms. The molecule has 5 nitrogen and oxygen atoms in total. The summed E-state index contributed by atoms with van der Waals surface area (Å²) in [6.07, 6.45) is 3.18. The lowest BCUT2D eigenvalue weighted by Gasteiger charge is -2.58. The first-order valence-corrected chi connectivity index (χ1v) is 13.8. The van der Waals surface area contributed by atoms with Gasteiger partial charge in [0.25, 0.3) is 0 Å². The first kappa shape index (κ1) is 26.8. The van der Waals surface area contributed by atoms with E-state index in [0.717, 1.165) is 36.8 Å². The zero-order valence-electron chi connectivity index (χ0n) is 22.5. The van der Waals surface area contributed by atoms with Gasteiger partial charge in [0.15, 0.2) is 5.78 Å². The van der Waals surface area contributed by atoms with E-state index in [4.69, 9.17) is 0 Å². The molecule has 0 aliphatic heterocycles. The number of rotatable bonds is 6. The van der Waals surface area contributed by atoms with Crippen molar-refractivity contribution >= 4 is 11.6 Å². The van der Waals surface area contributed by atoms with Crippen LogP contribution in [-0.4, -0.2) is 45.2 Å². The van der Waals surface area contributed by atoms with Gasteiger partial charge in [0, 0.05) is 16.9 Å². The Morgan fingerprint density at radius 2 is 1.80 bits per heavy atom. The maximum absolute atomic E-state index is 14.0. The van der Waals surface area contributed by atoms with Crippen LogP contribution in [0.1, 0.15) is 86.5 Å². The fourth-order valence-electron chi connectivity index (χ4n) is 8.77. The molecule has 2 fully saturated rings. The molecule has 4 rings (SSSR count). The van der Waals surface area contributed by atoms with Crippen molar-refractivity contribution in [1.82, 2.24) is 0 Å². The summed E-state index contributed by atoms with van der Waals surface area (Å²) in [6, 6.07) is 0. The van der Waals surface area contributed by atoms with Crippen molar-refractivity contribution in [3.05, 3.63) is 23.3 Å². The molecule has 4 aliphatic carbocycles. The van der Waals surface area contributed by atoms with Gasteiger partial charge in [0.05, 0.1) is 12.2 Å². The number of hydrogen-bond acceptors (Lipinski definition) is 5. The second-order valence-corrected chi connectivity index (χ2v) is 12.9. The lowest BCUT2D eigenvalue weighted by molar-refractivity contribution is -0.144. The van der Waals surface area contributed by atoms with Crippen LogP contribution in [-0.2, 0) is 9.59 Å². The fourth-order valence-corrected chi connectivity index (χ4v) is 8.77. The maximum atomic E-state index is 14.0. The minimum Gasteiger partial charge on any atom is -0.393 e. The van der Waals surface area contributed by atoms with Crippen molar-refractivity contribution < 1.29 is 24.9 Å². The first-order valence-electron chi connectivity index (χ1n) is 13.8. The molecule has 0 spiro atoms. The fraction of sp³-hybridized carbons (Fsp3) is 0.800. The highest BCUT2D eigenvalue weighted by Crippen LogP contribution is 2.65. The van der Waals surface area contributed by atoms with Crippen LogP contribution in [0.15, 0.2) is 23.3 Å². The molecule has 196 valence electrons. The number of Topliss-reactive ketones (excluding diaryl/α,β-unsaturated/α-hetero) is 2. The predicted molar refractivity (Wildman–Crippen MR) is 136 cm³/mol. The number of carbonyl (C=O) groups excluding carboxylic acids is 2. The third kappa shape index (κ3) is 3.92. The number of fused-ring (bicyclic) bond motifs is 4. The minimum absolute atomic E-state index is 0.00748. The normalized spacial score (nSPS) is 44.8. The van der Waals surface area contributed by atoms with Crippen LogP contribution >= 0.6 is 0 Å².